The molecule has 0 bridgehead atoms. The quantitative estimate of drug-likeness (QED) is 0.905. The largest absolute Gasteiger partial charge is 0.441 e. The summed E-state index contributed by atoms with van der Waals surface area (Å²) in [6, 6.07) is 20.4. The van der Waals surface area contributed by atoms with Crippen LogP contribution in [0.4, 0.5) is 4.79 Å². The molecule has 0 radical (unpaired) electrons. The van der Waals surface area contributed by atoms with Gasteiger partial charge in [0.15, 0.2) is 0 Å². The van der Waals surface area contributed by atoms with E-state index in [0.29, 0.717) is 38.9 Å². The van der Waals surface area contributed by atoms with Crippen molar-refractivity contribution in [2.75, 3.05) is 19.6 Å². The Morgan fingerprint density at radius 2 is 1.56 bits per heavy atom. The summed E-state index contributed by atoms with van der Waals surface area (Å²) in [4.78, 5) is 26.3. The molecule has 2 fully saturated rings. The van der Waals surface area contributed by atoms with Crippen LogP contribution in [0.2, 0.25) is 0 Å². The van der Waals surface area contributed by atoms with Gasteiger partial charge in [0, 0.05) is 38.3 Å². The molecule has 4 rings (SSSR count). The van der Waals surface area contributed by atoms with E-state index in [2.05, 4.69) is 29.6 Å². The van der Waals surface area contributed by atoms with Gasteiger partial charge in [-0.3, -0.25) is 4.79 Å². The third-order valence-corrected chi connectivity index (χ3v) is 5.67. The number of rotatable bonds is 4. The number of alkyl carbamates (subject to hydrolysis) is 1. The van der Waals surface area contributed by atoms with Crippen molar-refractivity contribution >= 4 is 12.0 Å². The molecule has 2 aliphatic heterocycles. The van der Waals surface area contributed by atoms with E-state index >= 15 is 0 Å². The predicted octanol–water partition coefficient (Wildman–Crippen LogP) is 3.31. The fraction of sp³-hybridized carbons (Fsp3) is 0.364. The Morgan fingerprint density at radius 1 is 1.00 bits per heavy atom. The van der Waals surface area contributed by atoms with Gasteiger partial charge in [-0.15, -0.1) is 0 Å². The highest BCUT2D eigenvalue weighted by molar-refractivity contribution is 5.78. The fourth-order valence-electron chi connectivity index (χ4n) is 4.05. The highest BCUT2D eigenvalue weighted by atomic mass is 16.6. The number of hydrogen-bond donors (Lipinski definition) is 1. The van der Waals surface area contributed by atoms with Gasteiger partial charge in [-0.25, -0.2) is 4.79 Å². The number of carbonyl (C=O) groups is 2. The molecule has 2 aromatic carbocycles. The van der Waals surface area contributed by atoms with E-state index in [9.17, 15) is 9.59 Å². The lowest BCUT2D eigenvalue weighted by Gasteiger charge is -2.37. The second kappa shape index (κ2) is 7.43. The normalized spacial score (nSPS) is 18.4. The number of nitrogens with zero attached hydrogens (tertiary/aromatic N) is 1. The number of amides is 2. The van der Waals surface area contributed by atoms with Crippen LogP contribution in [-0.2, 0) is 9.53 Å². The maximum Gasteiger partial charge on any atom is 0.407 e. The van der Waals surface area contributed by atoms with Crippen LogP contribution in [0.3, 0.4) is 0 Å². The second-order valence-electron chi connectivity index (χ2n) is 7.38. The molecular weight excluding hydrogens is 340 g/mol. The Hall–Kier alpha value is -2.82. The van der Waals surface area contributed by atoms with Crippen LogP contribution in [-0.4, -0.2) is 42.1 Å². The molecule has 1 spiro atoms. The first-order valence-electron chi connectivity index (χ1n) is 9.50. The lowest BCUT2D eigenvalue weighted by Crippen LogP contribution is -2.48. The van der Waals surface area contributed by atoms with Crippen LogP contribution >= 0.6 is 0 Å². The van der Waals surface area contributed by atoms with E-state index in [4.69, 9.17) is 4.74 Å². The van der Waals surface area contributed by atoms with E-state index in [1.165, 1.54) is 0 Å². The lowest BCUT2D eigenvalue weighted by molar-refractivity contribution is -0.134. The van der Waals surface area contributed by atoms with Gasteiger partial charge < -0.3 is 15.0 Å². The molecular formula is C22H24N2O3. The summed E-state index contributed by atoms with van der Waals surface area (Å²) < 4.78 is 5.45. The number of benzene rings is 2. The van der Waals surface area contributed by atoms with Gasteiger partial charge >= 0.3 is 6.09 Å². The van der Waals surface area contributed by atoms with Gasteiger partial charge in [0.05, 0.1) is 6.54 Å². The zero-order valence-electron chi connectivity index (χ0n) is 15.3. The molecule has 2 aliphatic rings. The van der Waals surface area contributed by atoms with Crippen molar-refractivity contribution in [2.45, 2.75) is 30.8 Å². The van der Waals surface area contributed by atoms with Crippen molar-refractivity contribution in [3.05, 3.63) is 71.8 Å². The third kappa shape index (κ3) is 3.82. The van der Waals surface area contributed by atoms with Crippen LogP contribution in [0.5, 0.6) is 0 Å². The number of ether oxygens (including phenoxy) is 1. The van der Waals surface area contributed by atoms with Crippen LogP contribution in [0.15, 0.2) is 60.7 Å². The lowest BCUT2D eigenvalue weighted by atomic mass is 9.87. The maximum atomic E-state index is 13.0. The van der Waals surface area contributed by atoms with Gasteiger partial charge in [-0.1, -0.05) is 60.7 Å². The van der Waals surface area contributed by atoms with E-state index in [-0.39, 0.29) is 17.9 Å². The monoisotopic (exact) mass is 364 g/mol. The SMILES string of the molecule is O=C1NCC2(CCN(C(=O)CC(c3ccccc3)c3ccccc3)CC2)O1. The van der Waals surface area contributed by atoms with Gasteiger partial charge in [-0.2, -0.15) is 0 Å². The van der Waals surface area contributed by atoms with Crippen molar-refractivity contribution in [3.8, 4) is 0 Å². The fourth-order valence-corrected chi connectivity index (χ4v) is 4.05. The Bertz CT molecular complexity index is 759. The molecule has 2 saturated heterocycles. The molecule has 0 saturated carbocycles. The maximum absolute atomic E-state index is 13.0. The van der Waals surface area contributed by atoms with E-state index < -0.39 is 5.60 Å². The third-order valence-electron chi connectivity index (χ3n) is 5.67. The molecule has 2 heterocycles. The minimum Gasteiger partial charge on any atom is -0.441 e. The topological polar surface area (TPSA) is 58.6 Å². The Balaban J connectivity index is 1.46. The van der Waals surface area contributed by atoms with Gasteiger partial charge in [-0.05, 0) is 11.1 Å². The van der Waals surface area contributed by atoms with Crippen molar-refractivity contribution in [3.63, 3.8) is 0 Å². The van der Waals surface area contributed by atoms with Gasteiger partial charge in [0.25, 0.3) is 0 Å². The molecule has 0 aromatic heterocycles. The minimum absolute atomic E-state index is 0.0433. The smallest absolute Gasteiger partial charge is 0.407 e. The number of piperidine rings is 1. The highest BCUT2D eigenvalue weighted by Crippen LogP contribution is 2.32. The number of nitrogens with one attached hydrogen (secondary N) is 1. The zero-order valence-corrected chi connectivity index (χ0v) is 15.3. The Morgan fingerprint density at radius 3 is 2.04 bits per heavy atom. The molecule has 1 N–H and O–H groups in total. The summed E-state index contributed by atoms with van der Waals surface area (Å²) >= 11 is 0. The number of carbonyl (C=O) groups excluding carboxylic acids is 2. The average Bonchev–Trinajstić information content (AvgIpc) is 3.08. The summed E-state index contributed by atoms with van der Waals surface area (Å²) in [5.74, 6) is 0.196. The predicted molar refractivity (Wildman–Crippen MR) is 102 cm³/mol. The molecule has 0 atom stereocenters. The highest BCUT2D eigenvalue weighted by Gasteiger charge is 2.43. The summed E-state index contributed by atoms with van der Waals surface area (Å²) in [6.45, 7) is 1.80. The standard InChI is InChI=1S/C22H24N2O3/c25-20(24-13-11-22(12-14-24)16-23-21(26)27-22)15-19(17-7-3-1-4-8-17)18-9-5-2-6-10-18/h1-10,19H,11-16H2,(H,23,26). The average molecular weight is 364 g/mol. The summed E-state index contributed by atoms with van der Waals surface area (Å²) in [5.41, 5.74) is 1.88. The molecule has 0 unspecified atom stereocenters. The van der Waals surface area contributed by atoms with Crippen molar-refractivity contribution in [1.82, 2.24) is 10.2 Å². The number of hydrogen-bond acceptors (Lipinski definition) is 3. The first-order valence-corrected chi connectivity index (χ1v) is 9.50. The van der Waals surface area contributed by atoms with Crippen LogP contribution in [0, 0.1) is 0 Å². The number of likely N-dealkylation sites (tertiary alicyclic amines) is 1. The summed E-state index contributed by atoms with van der Waals surface area (Å²) in [7, 11) is 0. The van der Waals surface area contributed by atoms with Crippen LogP contribution in [0.1, 0.15) is 36.3 Å². The van der Waals surface area contributed by atoms with Crippen LogP contribution < -0.4 is 5.32 Å². The molecule has 140 valence electrons. The van der Waals surface area contributed by atoms with E-state index in [1.54, 1.807) is 0 Å². The van der Waals surface area contributed by atoms with Crippen molar-refractivity contribution < 1.29 is 14.3 Å². The summed E-state index contributed by atoms with van der Waals surface area (Å²) in [5, 5.41) is 2.73. The van der Waals surface area contributed by atoms with E-state index in [1.807, 2.05) is 41.3 Å². The molecule has 5 nitrogen and oxygen atoms in total. The zero-order chi connectivity index (χ0) is 18.7. The molecule has 27 heavy (non-hydrogen) atoms. The Kier molecular flexibility index (Phi) is 4.84. The van der Waals surface area contributed by atoms with E-state index in [0.717, 1.165) is 11.1 Å². The molecule has 2 aromatic rings. The van der Waals surface area contributed by atoms with Crippen LogP contribution in [0.25, 0.3) is 0 Å². The second-order valence-corrected chi connectivity index (χ2v) is 7.38. The first kappa shape index (κ1) is 17.6. The van der Waals surface area contributed by atoms with Gasteiger partial charge in [0.2, 0.25) is 5.91 Å². The summed E-state index contributed by atoms with van der Waals surface area (Å²) in [6.07, 6.45) is 1.49. The Labute approximate surface area is 159 Å². The molecule has 5 heteroatoms. The molecule has 2 amide bonds. The first-order chi connectivity index (χ1) is 13.2. The van der Waals surface area contributed by atoms with Gasteiger partial charge in [0.1, 0.15) is 5.60 Å². The van der Waals surface area contributed by atoms with Crippen molar-refractivity contribution in [1.29, 1.82) is 0 Å². The molecule has 0 aliphatic carbocycles. The minimum atomic E-state index is -0.424. The van der Waals surface area contributed by atoms with Crippen molar-refractivity contribution in [2.24, 2.45) is 0 Å².